The highest BCUT2D eigenvalue weighted by Crippen LogP contribution is 2.71. The molecule has 0 spiro atoms. The van der Waals surface area contributed by atoms with E-state index in [4.69, 9.17) is 18.9 Å². The molecule has 0 radical (unpaired) electrons. The Bertz CT molecular complexity index is 1630. The van der Waals surface area contributed by atoms with Crippen molar-refractivity contribution in [3.8, 4) is 23.0 Å². The normalized spacial score (nSPS) is 37.9. The Hall–Kier alpha value is -3.94. The molecule has 2 aromatic rings. The highest BCUT2D eigenvalue weighted by molar-refractivity contribution is 5.67. The van der Waals surface area contributed by atoms with Crippen LogP contribution in [0, 0.1) is 71.0 Å². The number of fused-ring (bicyclic) bond motifs is 3. The lowest BCUT2D eigenvalue weighted by molar-refractivity contribution is -0.193. The maximum Gasteiger partial charge on any atom is 0.303 e. The molecule has 2 heterocycles. The van der Waals surface area contributed by atoms with Gasteiger partial charge in [0.2, 0.25) is 13.6 Å². The van der Waals surface area contributed by atoms with Gasteiger partial charge in [0.15, 0.2) is 23.0 Å². The van der Waals surface area contributed by atoms with Crippen LogP contribution in [-0.4, -0.2) is 35.7 Å². The second-order valence-corrected chi connectivity index (χ2v) is 14.7. The van der Waals surface area contributed by atoms with Crippen molar-refractivity contribution in [3.05, 3.63) is 71.8 Å². The van der Waals surface area contributed by atoms with E-state index < -0.39 is 11.9 Å². The van der Waals surface area contributed by atoms with E-state index in [0.29, 0.717) is 71.5 Å². The molecule has 6 aliphatic carbocycles. The summed E-state index contributed by atoms with van der Waals surface area (Å²) in [5, 5.41) is 19.4. The van der Waals surface area contributed by atoms with Gasteiger partial charge in [-0.3, -0.25) is 9.59 Å². The Morgan fingerprint density at radius 1 is 0.587 bits per heavy atom. The van der Waals surface area contributed by atoms with Gasteiger partial charge in [0.05, 0.1) is 0 Å². The molecule has 0 saturated heterocycles. The van der Waals surface area contributed by atoms with Crippen LogP contribution in [0.1, 0.15) is 36.8 Å². The van der Waals surface area contributed by atoms with Gasteiger partial charge in [-0.1, -0.05) is 36.4 Å². The first-order chi connectivity index (χ1) is 22.4. The van der Waals surface area contributed by atoms with Gasteiger partial charge in [-0.2, -0.15) is 0 Å². The maximum atomic E-state index is 12.2. The summed E-state index contributed by atoms with van der Waals surface area (Å²) in [4.78, 5) is 23.6. The summed E-state index contributed by atoms with van der Waals surface area (Å²) >= 11 is 0. The molecule has 46 heavy (non-hydrogen) atoms. The molecule has 240 valence electrons. The quantitative estimate of drug-likeness (QED) is 0.299. The Morgan fingerprint density at radius 3 is 1.74 bits per heavy atom. The lowest BCUT2D eigenvalue weighted by Gasteiger charge is -2.71. The SMILES string of the molecule is O=C(O)CCC[C@H]1[C@@H]2C=C[C@H]3[C@H]4C=C[C@@H]([C@H]3[C@@H]2[C@H]1Cc1ccc2c(c1)OCO2)[C@@H]1[C@H](Cc2ccc3c(c2)OCO3)[C@@H](CC(=O)O)[C@H]41. The minimum absolute atomic E-state index is 0.159. The zero-order valence-corrected chi connectivity index (χ0v) is 25.7. The van der Waals surface area contributed by atoms with Crippen LogP contribution >= 0.6 is 0 Å². The Labute approximate surface area is 268 Å². The van der Waals surface area contributed by atoms with Crippen molar-refractivity contribution >= 4 is 11.9 Å². The minimum atomic E-state index is -0.724. The van der Waals surface area contributed by atoms with Crippen molar-refractivity contribution in [2.24, 2.45) is 71.0 Å². The number of rotatable bonds is 10. The van der Waals surface area contributed by atoms with E-state index in [0.717, 1.165) is 42.3 Å². The third-order valence-electron chi connectivity index (χ3n) is 12.9. The Morgan fingerprint density at radius 2 is 1.11 bits per heavy atom. The number of carbonyl (C=O) groups is 2. The van der Waals surface area contributed by atoms with Crippen molar-refractivity contribution in [3.63, 3.8) is 0 Å². The van der Waals surface area contributed by atoms with Gasteiger partial charge in [-0.15, -0.1) is 0 Å². The third kappa shape index (κ3) is 4.39. The van der Waals surface area contributed by atoms with Crippen LogP contribution < -0.4 is 18.9 Å². The van der Waals surface area contributed by atoms with E-state index in [2.05, 4.69) is 48.6 Å². The van der Waals surface area contributed by atoms with Crippen LogP contribution in [0.2, 0.25) is 0 Å². The molecule has 3 fully saturated rings. The average molecular weight is 625 g/mol. The van der Waals surface area contributed by atoms with Crippen LogP contribution in [0.4, 0.5) is 0 Å². The predicted molar refractivity (Wildman–Crippen MR) is 166 cm³/mol. The molecule has 12 atom stereocenters. The molecule has 2 aromatic carbocycles. The first kappa shape index (κ1) is 28.3. The standard InChI is InChI=1S/C38H40O8/c39-33(40)3-1-2-21-22-6-7-23-24-8-9-25(35(23)36(22)26(21)12-19-4-10-29-31(14-19)45-17-43-29)38-27(28(37(24)38)16-34(41)42)13-20-5-11-30-32(15-20)46-18-44-30/h4-11,14-15,21-28,35-38H,1-3,12-13,16-18H2,(H,39,40)(H,41,42)/t21-,22-,23-,24+,25-,26-,27+,28+,35-,36-,37-,38+/m0/s1. The van der Waals surface area contributed by atoms with Crippen molar-refractivity contribution in [2.75, 3.05) is 13.6 Å². The second kappa shape index (κ2) is 10.8. The van der Waals surface area contributed by atoms with Gasteiger partial charge < -0.3 is 29.2 Å². The molecule has 8 heteroatoms. The third-order valence-corrected chi connectivity index (χ3v) is 12.9. The summed E-state index contributed by atoms with van der Waals surface area (Å²) in [5.41, 5.74) is 2.44. The number of benzene rings is 2. The fourth-order valence-corrected chi connectivity index (χ4v) is 11.4. The van der Waals surface area contributed by atoms with Crippen molar-refractivity contribution in [1.82, 2.24) is 0 Å². The number of allylic oxidation sites excluding steroid dienone is 4. The van der Waals surface area contributed by atoms with E-state index in [1.807, 2.05) is 12.1 Å². The minimum Gasteiger partial charge on any atom is -0.481 e. The summed E-state index contributed by atoms with van der Waals surface area (Å²) in [6.07, 6.45) is 13.7. The average Bonchev–Trinajstić information content (AvgIpc) is 3.72. The van der Waals surface area contributed by atoms with E-state index in [-0.39, 0.29) is 32.3 Å². The lowest BCUT2D eigenvalue weighted by Crippen LogP contribution is -2.67. The molecule has 2 bridgehead atoms. The molecule has 0 aromatic heterocycles. The second-order valence-electron chi connectivity index (χ2n) is 14.7. The number of carboxylic acids is 2. The molecule has 10 rings (SSSR count). The Kier molecular flexibility index (Phi) is 6.65. The molecular weight excluding hydrogens is 584 g/mol. The van der Waals surface area contributed by atoms with E-state index in [1.165, 1.54) is 11.1 Å². The van der Waals surface area contributed by atoms with Crippen LogP contribution in [0.5, 0.6) is 23.0 Å². The fourth-order valence-electron chi connectivity index (χ4n) is 11.4. The van der Waals surface area contributed by atoms with Gasteiger partial charge in [0.25, 0.3) is 0 Å². The molecule has 0 unspecified atom stereocenters. The summed E-state index contributed by atoms with van der Waals surface area (Å²) in [6.45, 7) is 0.500. The van der Waals surface area contributed by atoms with Crippen LogP contribution in [0.3, 0.4) is 0 Å². The molecule has 3 saturated carbocycles. The highest BCUT2D eigenvalue weighted by atomic mass is 16.7. The molecule has 2 N–H and O–H groups in total. The van der Waals surface area contributed by atoms with Gasteiger partial charge >= 0.3 is 11.9 Å². The molecule has 2 aliphatic heterocycles. The highest BCUT2D eigenvalue weighted by Gasteiger charge is 2.67. The number of carboxylic acid groups (broad SMARTS) is 2. The summed E-state index contributed by atoms with van der Waals surface area (Å²) < 4.78 is 22.5. The fraction of sp³-hybridized carbons (Fsp3) is 0.526. The number of hydrogen-bond acceptors (Lipinski definition) is 6. The monoisotopic (exact) mass is 624 g/mol. The summed E-state index contributed by atoms with van der Waals surface area (Å²) in [6, 6.07) is 12.5. The van der Waals surface area contributed by atoms with Crippen molar-refractivity contribution in [1.29, 1.82) is 0 Å². The molecule has 8 aliphatic rings. The number of aliphatic carboxylic acids is 2. The largest absolute Gasteiger partial charge is 0.481 e. The topological polar surface area (TPSA) is 112 Å². The summed E-state index contributed by atoms with van der Waals surface area (Å²) in [7, 11) is 0. The molecule has 8 nitrogen and oxygen atoms in total. The first-order valence-corrected chi connectivity index (χ1v) is 17.0. The van der Waals surface area contributed by atoms with E-state index in [9.17, 15) is 19.8 Å². The van der Waals surface area contributed by atoms with Crippen molar-refractivity contribution < 1.29 is 38.7 Å². The number of hydrogen-bond donors (Lipinski definition) is 2. The predicted octanol–water partition coefficient (Wildman–Crippen LogP) is 6.23. The first-order valence-electron chi connectivity index (χ1n) is 17.0. The summed E-state index contributed by atoms with van der Waals surface area (Å²) in [5.74, 6) is 6.71. The van der Waals surface area contributed by atoms with Crippen LogP contribution in [0.25, 0.3) is 0 Å². The molecule has 0 amide bonds. The number of ether oxygens (including phenoxy) is 4. The van der Waals surface area contributed by atoms with Crippen LogP contribution in [0.15, 0.2) is 60.7 Å². The van der Waals surface area contributed by atoms with E-state index in [1.54, 1.807) is 0 Å². The molecular formula is C38H40O8. The lowest BCUT2D eigenvalue weighted by atomic mass is 9.33. The maximum absolute atomic E-state index is 12.2. The van der Waals surface area contributed by atoms with Gasteiger partial charge in [-0.05, 0) is 132 Å². The van der Waals surface area contributed by atoms with Gasteiger partial charge in [-0.25, -0.2) is 0 Å². The van der Waals surface area contributed by atoms with Crippen molar-refractivity contribution in [2.45, 2.75) is 38.5 Å². The van der Waals surface area contributed by atoms with Gasteiger partial charge in [0.1, 0.15) is 0 Å². The van der Waals surface area contributed by atoms with E-state index >= 15 is 0 Å². The Balaban J connectivity index is 1.02. The van der Waals surface area contributed by atoms with Crippen LogP contribution in [-0.2, 0) is 22.4 Å². The smallest absolute Gasteiger partial charge is 0.303 e. The zero-order chi connectivity index (χ0) is 31.1. The van der Waals surface area contributed by atoms with Gasteiger partial charge in [0, 0.05) is 12.8 Å². The zero-order valence-electron chi connectivity index (χ0n) is 25.7.